The van der Waals surface area contributed by atoms with E-state index in [0.29, 0.717) is 18.9 Å². The molecule has 1 unspecified atom stereocenters. The number of rotatable bonds is 8. The van der Waals surface area contributed by atoms with Gasteiger partial charge in [-0.15, -0.1) is 0 Å². The van der Waals surface area contributed by atoms with Gasteiger partial charge in [-0.05, 0) is 24.8 Å². The second kappa shape index (κ2) is 8.02. The Morgan fingerprint density at radius 1 is 1.35 bits per heavy atom. The third kappa shape index (κ3) is 7.26. The quantitative estimate of drug-likeness (QED) is 0.766. The Kier molecular flexibility index (Phi) is 6.68. The molecule has 1 rings (SSSR count). The Morgan fingerprint density at radius 2 is 2.00 bits per heavy atom. The molecule has 0 radical (unpaired) electrons. The van der Waals surface area contributed by atoms with Crippen LogP contribution in [0.25, 0.3) is 0 Å². The highest BCUT2D eigenvalue weighted by Gasteiger charge is 2.22. The summed E-state index contributed by atoms with van der Waals surface area (Å²) >= 11 is 0. The highest BCUT2D eigenvalue weighted by molar-refractivity contribution is 5.77. The molecule has 0 saturated heterocycles. The van der Waals surface area contributed by atoms with Gasteiger partial charge in [-0.2, -0.15) is 0 Å². The molecule has 0 aliphatic carbocycles. The van der Waals surface area contributed by atoms with Crippen molar-refractivity contribution >= 4 is 5.91 Å². The zero-order chi connectivity index (χ0) is 15.0. The van der Waals surface area contributed by atoms with Crippen LogP contribution in [-0.4, -0.2) is 29.8 Å². The van der Waals surface area contributed by atoms with Crippen LogP contribution in [0.3, 0.4) is 0 Å². The average Bonchev–Trinajstić information content (AvgIpc) is 2.36. The number of amides is 1. The van der Waals surface area contributed by atoms with Crippen LogP contribution in [-0.2, 0) is 16.1 Å². The second-order valence-electron chi connectivity index (χ2n) is 5.85. The number of carbonyl (C=O) groups is 1. The van der Waals surface area contributed by atoms with Gasteiger partial charge >= 0.3 is 0 Å². The molecule has 1 amide bonds. The maximum Gasteiger partial charge on any atom is 0.246 e. The maximum absolute atomic E-state index is 11.6. The molecule has 4 nitrogen and oxygen atoms in total. The van der Waals surface area contributed by atoms with Crippen LogP contribution < -0.4 is 5.32 Å². The molecular formula is C16H25NO3. The maximum atomic E-state index is 11.6. The third-order valence-corrected chi connectivity index (χ3v) is 2.86. The second-order valence-corrected chi connectivity index (χ2v) is 5.85. The van der Waals surface area contributed by atoms with E-state index in [1.54, 1.807) is 6.92 Å². The summed E-state index contributed by atoms with van der Waals surface area (Å²) in [6, 6.07) is 9.70. The molecule has 0 aliphatic heterocycles. The zero-order valence-electron chi connectivity index (χ0n) is 12.6. The van der Waals surface area contributed by atoms with Gasteiger partial charge in [0.25, 0.3) is 0 Å². The highest BCUT2D eigenvalue weighted by Crippen LogP contribution is 2.14. The summed E-state index contributed by atoms with van der Waals surface area (Å²) in [6.45, 7) is 6.48. The minimum atomic E-state index is -0.872. The fourth-order valence-corrected chi connectivity index (χ4v) is 2.13. The first kappa shape index (κ1) is 16.7. The van der Waals surface area contributed by atoms with Gasteiger partial charge in [0.1, 0.15) is 6.61 Å². The van der Waals surface area contributed by atoms with Crippen molar-refractivity contribution in [3.63, 3.8) is 0 Å². The van der Waals surface area contributed by atoms with Gasteiger partial charge in [-0.1, -0.05) is 44.2 Å². The summed E-state index contributed by atoms with van der Waals surface area (Å²) < 4.78 is 5.33. The topological polar surface area (TPSA) is 58.6 Å². The first-order valence-corrected chi connectivity index (χ1v) is 7.00. The molecule has 0 aromatic heterocycles. The van der Waals surface area contributed by atoms with Crippen molar-refractivity contribution in [3.8, 4) is 0 Å². The van der Waals surface area contributed by atoms with Crippen LogP contribution in [0.2, 0.25) is 0 Å². The molecule has 0 fully saturated rings. The largest absolute Gasteiger partial charge is 0.388 e. The van der Waals surface area contributed by atoms with E-state index >= 15 is 0 Å². The van der Waals surface area contributed by atoms with Gasteiger partial charge in [0.15, 0.2) is 0 Å². The van der Waals surface area contributed by atoms with Gasteiger partial charge in [-0.25, -0.2) is 0 Å². The van der Waals surface area contributed by atoms with Crippen LogP contribution >= 0.6 is 0 Å². The van der Waals surface area contributed by atoms with E-state index in [9.17, 15) is 9.90 Å². The van der Waals surface area contributed by atoms with Crippen molar-refractivity contribution in [2.24, 2.45) is 5.92 Å². The number of aliphatic hydroxyl groups is 1. The molecule has 0 aliphatic rings. The highest BCUT2D eigenvalue weighted by atomic mass is 16.5. The lowest BCUT2D eigenvalue weighted by Gasteiger charge is -2.25. The van der Waals surface area contributed by atoms with Gasteiger partial charge in [0.05, 0.1) is 12.2 Å². The fraction of sp³-hybridized carbons (Fsp3) is 0.562. The van der Waals surface area contributed by atoms with E-state index in [0.717, 1.165) is 5.56 Å². The van der Waals surface area contributed by atoms with E-state index in [2.05, 4.69) is 5.32 Å². The summed E-state index contributed by atoms with van der Waals surface area (Å²) in [5.41, 5.74) is 0.163. The molecule has 0 spiro atoms. The van der Waals surface area contributed by atoms with E-state index in [1.807, 2.05) is 44.2 Å². The van der Waals surface area contributed by atoms with Gasteiger partial charge in [-0.3, -0.25) is 4.79 Å². The van der Waals surface area contributed by atoms with Crippen molar-refractivity contribution in [1.29, 1.82) is 0 Å². The molecule has 1 aromatic carbocycles. The number of carbonyl (C=O) groups excluding carboxylic acids is 1. The Labute approximate surface area is 121 Å². The molecule has 2 N–H and O–H groups in total. The van der Waals surface area contributed by atoms with E-state index < -0.39 is 5.60 Å². The zero-order valence-corrected chi connectivity index (χ0v) is 12.6. The predicted molar refractivity (Wildman–Crippen MR) is 79.2 cm³/mol. The summed E-state index contributed by atoms with van der Waals surface area (Å²) in [6.07, 6.45) is 0.651. The van der Waals surface area contributed by atoms with E-state index in [-0.39, 0.29) is 19.1 Å². The summed E-state index contributed by atoms with van der Waals surface area (Å²) in [7, 11) is 0. The number of ether oxygens (including phenoxy) is 1. The summed E-state index contributed by atoms with van der Waals surface area (Å²) in [5.74, 6) is 0.182. The monoisotopic (exact) mass is 279 g/mol. The van der Waals surface area contributed by atoms with Crippen LogP contribution in [0.4, 0.5) is 0 Å². The minimum absolute atomic E-state index is 0.00660. The first-order valence-electron chi connectivity index (χ1n) is 7.00. The molecule has 4 heteroatoms. The Hall–Kier alpha value is -1.39. The van der Waals surface area contributed by atoms with Crippen LogP contribution in [0.15, 0.2) is 30.3 Å². The van der Waals surface area contributed by atoms with E-state index in [4.69, 9.17) is 4.74 Å². The van der Waals surface area contributed by atoms with Crippen LogP contribution in [0, 0.1) is 5.92 Å². The smallest absolute Gasteiger partial charge is 0.246 e. The first-order chi connectivity index (χ1) is 9.39. The predicted octanol–water partition coefficient (Wildman–Crippen LogP) is 2.12. The lowest BCUT2D eigenvalue weighted by Crippen LogP contribution is -2.42. The summed E-state index contributed by atoms with van der Waals surface area (Å²) in [5, 5.41) is 12.8. The van der Waals surface area contributed by atoms with Crippen molar-refractivity contribution in [1.82, 2.24) is 5.32 Å². The lowest BCUT2D eigenvalue weighted by atomic mass is 9.94. The molecule has 0 bridgehead atoms. The molecular weight excluding hydrogens is 254 g/mol. The normalized spacial score (nSPS) is 14.1. The molecule has 20 heavy (non-hydrogen) atoms. The van der Waals surface area contributed by atoms with E-state index in [1.165, 1.54) is 0 Å². The Bertz CT molecular complexity index is 401. The molecule has 1 atom stereocenters. The average molecular weight is 279 g/mol. The Balaban J connectivity index is 2.20. The Morgan fingerprint density at radius 3 is 2.60 bits per heavy atom. The van der Waals surface area contributed by atoms with Crippen molar-refractivity contribution in [2.75, 3.05) is 13.2 Å². The fourth-order valence-electron chi connectivity index (χ4n) is 2.13. The van der Waals surface area contributed by atoms with Crippen molar-refractivity contribution in [3.05, 3.63) is 35.9 Å². The molecule has 1 aromatic rings. The van der Waals surface area contributed by atoms with Crippen LogP contribution in [0.1, 0.15) is 32.8 Å². The number of hydrogen-bond acceptors (Lipinski definition) is 3. The van der Waals surface area contributed by atoms with Gasteiger partial charge in [0.2, 0.25) is 5.91 Å². The SMILES string of the molecule is CC(C)CC(C)(O)CNC(=O)COCc1ccccc1. The summed E-state index contributed by atoms with van der Waals surface area (Å²) in [4.78, 5) is 11.6. The number of benzene rings is 1. The van der Waals surface area contributed by atoms with Crippen molar-refractivity contribution < 1.29 is 14.6 Å². The minimum Gasteiger partial charge on any atom is -0.388 e. The van der Waals surface area contributed by atoms with Gasteiger partial charge in [0, 0.05) is 6.54 Å². The number of nitrogens with one attached hydrogen (secondary N) is 1. The lowest BCUT2D eigenvalue weighted by molar-refractivity contribution is -0.127. The number of hydrogen-bond donors (Lipinski definition) is 2. The molecule has 0 saturated carbocycles. The third-order valence-electron chi connectivity index (χ3n) is 2.86. The van der Waals surface area contributed by atoms with Crippen molar-refractivity contribution in [2.45, 2.75) is 39.4 Å². The molecule has 0 heterocycles. The van der Waals surface area contributed by atoms with Crippen LogP contribution in [0.5, 0.6) is 0 Å². The standard InChI is InChI=1S/C16H25NO3/c1-13(2)9-16(3,19)12-17-15(18)11-20-10-14-7-5-4-6-8-14/h4-8,13,19H,9-12H2,1-3H3,(H,17,18). The van der Waals surface area contributed by atoms with Gasteiger partial charge < -0.3 is 15.2 Å². The molecule has 112 valence electrons.